The Kier molecular flexibility index (Phi) is 5.35. The molecule has 1 atom stereocenters. The Morgan fingerprint density at radius 2 is 1.89 bits per heavy atom. The van der Waals surface area contributed by atoms with Gasteiger partial charge < -0.3 is 5.32 Å². The topological polar surface area (TPSA) is 12.0 Å². The van der Waals surface area contributed by atoms with Gasteiger partial charge in [-0.2, -0.15) is 0 Å². The molecule has 1 aliphatic rings. The highest BCUT2D eigenvalue weighted by molar-refractivity contribution is 7.99. The second-order valence-corrected chi connectivity index (χ2v) is 7.86. The van der Waals surface area contributed by atoms with E-state index in [0.717, 1.165) is 12.0 Å². The lowest BCUT2D eigenvalue weighted by Gasteiger charge is -2.31. The van der Waals surface area contributed by atoms with Gasteiger partial charge in [0.15, 0.2) is 0 Å². The van der Waals surface area contributed by atoms with E-state index < -0.39 is 0 Å². The molecule has 1 N–H and O–H groups in total. The highest BCUT2D eigenvalue weighted by atomic mass is 32.2. The lowest BCUT2D eigenvalue weighted by molar-refractivity contribution is 0.226. The minimum atomic E-state index is 0.402. The molecule has 2 heteroatoms. The predicted molar refractivity (Wildman–Crippen MR) is 85.8 cm³/mol. The molecular formula is C17H27NS. The van der Waals surface area contributed by atoms with Gasteiger partial charge >= 0.3 is 0 Å². The Labute approximate surface area is 122 Å². The van der Waals surface area contributed by atoms with Crippen molar-refractivity contribution in [1.29, 1.82) is 0 Å². The zero-order valence-electron chi connectivity index (χ0n) is 12.5. The monoisotopic (exact) mass is 277 g/mol. The van der Waals surface area contributed by atoms with E-state index in [1.165, 1.54) is 36.5 Å². The molecule has 0 radical (unpaired) electrons. The maximum atomic E-state index is 3.70. The average molecular weight is 277 g/mol. The van der Waals surface area contributed by atoms with Crippen LogP contribution in [0.3, 0.4) is 0 Å². The number of nitrogens with one attached hydrogen (secondary N) is 1. The summed E-state index contributed by atoms with van der Waals surface area (Å²) in [7, 11) is 0. The zero-order valence-corrected chi connectivity index (χ0v) is 13.3. The minimum Gasteiger partial charge on any atom is -0.314 e. The quantitative estimate of drug-likeness (QED) is 0.732. The Morgan fingerprint density at radius 3 is 2.47 bits per heavy atom. The van der Waals surface area contributed by atoms with Crippen LogP contribution in [0.25, 0.3) is 0 Å². The third kappa shape index (κ3) is 5.58. The number of benzene rings is 1. The maximum absolute atomic E-state index is 3.70. The largest absolute Gasteiger partial charge is 0.314 e. The molecule has 2 rings (SSSR count). The van der Waals surface area contributed by atoms with Crippen LogP contribution in [0.1, 0.15) is 40.0 Å². The molecule has 1 nitrogen and oxygen atoms in total. The summed E-state index contributed by atoms with van der Waals surface area (Å²) >= 11 is 1.99. The van der Waals surface area contributed by atoms with Crippen LogP contribution in [0.2, 0.25) is 0 Å². The molecule has 1 aromatic rings. The van der Waals surface area contributed by atoms with Crippen molar-refractivity contribution in [3.8, 4) is 0 Å². The summed E-state index contributed by atoms with van der Waals surface area (Å²) in [5, 5.41) is 3.70. The summed E-state index contributed by atoms with van der Waals surface area (Å²) in [6, 6.07) is 11.6. The van der Waals surface area contributed by atoms with Gasteiger partial charge in [-0.25, -0.2) is 0 Å². The van der Waals surface area contributed by atoms with E-state index in [-0.39, 0.29) is 0 Å². The lowest BCUT2D eigenvalue weighted by atomic mass is 9.79. The average Bonchev–Trinajstić information content (AvgIpc) is 3.17. The number of rotatable bonds is 7. The van der Waals surface area contributed by atoms with Crippen molar-refractivity contribution in [3.63, 3.8) is 0 Å². The van der Waals surface area contributed by atoms with Gasteiger partial charge in [-0.15, -0.1) is 11.8 Å². The first-order chi connectivity index (χ1) is 9.05. The van der Waals surface area contributed by atoms with Crippen LogP contribution in [-0.4, -0.2) is 18.3 Å². The zero-order chi connectivity index (χ0) is 13.7. The fourth-order valence-electron chi connectivity index (χ4n) is 2.27. The summed E-state index contributed by atoms with van der Waals surface area (Å²) in [6.45, 7) is 8.31. The van der Waals surface area contributed by atoms with Crippen molar-refractivity contribution in [3.05, 3.63) is 30.3 Å². The standard InChI is InChI=1S/C17H27NS/c1-17(2,3)14(13-18-15-9-10-15)11-12-19-16-7-5-4-6-8-16/h4-8,14-15,18H,9-13H2,1-3H3. The van der Waals surface area contributed by atoms with Crippen molar-refractivity contribution < 1.29 is 0 Å². The van der Waals surface area contributed by atoms with Crippen LogP contribution in [0.15, 0.2) is 35.2 Å². The molecular weight excluding hydrogens is 250 g/mol. The van der Waals surface area contributed by atoms with Gasteiger partial charge in [0.25, 0.3) is 0 Å². The van der Waals surface area contributed by atoms with Gasteiger partial charge in [0, 0.05) is 10.9 Å². The summed E-state index contributed by atoms with van der Waals surface area (Å²) in [6.07, 6.45) is 4.06. The molecule has 0 heterocycles. The molecule has 1 fully saturated rings. The molecule has 0 amide bonds. The molecule has 0 bridgehead atoms. The molecule has 0 aromatic heterocycles. The van der Waals surface area contributed by atoms with Crippen molar-refractivity contribution in [2.45, 2.75) is 51.0 Å². The molecule has 0 spiro atoms. The Balaban J connectivity index is 1.75. The Bertz CT molecular complexity index is 365. The van der Waals surface area contributed by atoms with Gasteiger partial charge in [-0.05, 0) is 55.0 Å². The second kappa shape index (κ2) is 6.81. The summed E-state index contributed by atoms with van der Waals surface area (Å²) in [5.74, 6) is 1.99. The van der Waals surface area contributed by atoms with Crippen LogP contribution in [0.4, 0.5) is 0 Å². The van der Waals surface area contributed by atoms with Gasteiger partial charge in [-0.3, -0.25) is 0 Å². The Hall–Kier alpha value is -0.470. The fraction of sp³-hybridized carbons (Fsp3) is 0.647. The summed E-state index contributed by atoms with van der Waals surface area (Å²) in [5.41, 5.74) is 0.402. The third-order valence-electron chi connectivity index (χ3n) is 3.93. The van der Waals surface area contributed by atoms with Crippen molar-refractivity contribution >= 4 is 11.8 Å². The highest BCUT2D eigenvalue weighted by Gasteiger charge is 2.27. The summed E-state index contributed by atoms with van der Waals surface area (Å²) in [4.78, 5) is 1.39. The number of hydrogen-bond donors (Lipinski definition) is 1. The smallest absolute Gasteiger partial charge is 0.00719 e. The molecule has 0 aliphatic heterocycles. The van der Waals surface area contributed by atoms with Crippen LogP contribution < -0.4 is 5.32 Å². The molecule has 1 saturated carbocycles. The van der Waals surface area contributed by atoms with Gasteiger partial charge in [0.05, 0.1) is 0 Å². The normalized spacial score (nSPS) is 17.4. The van der Waals surface area contributed by atoms with Crippen LogP contribution >= 0.6 is 11.8 Å². The number of hydrogen-bond acceptors (Lipinski definition) is 2. The van der Waals surface area contributed by atoms with Crippen molar-refractivity contribution in [1.82, 2.24) is 5.32 Å². The fourth-order valence-corrected chi connectivity index (χ4v) is 3.26. The molecule has 1 aromatic carbocycles. The van der Waals surface area contributed by atoms with Crippen LogP contribution in [0.5, 0.6) is 0 Å². The van der Waals surface area contributed by atoms with Crippen LogP contribution in [0, 0.1) is 11.3 Å². The molecule has 0 saturated heterocycles. The minimum absolute atomic E-state index is 0.402. The first kappa shape index (κ1) is 14.9. The number of thioether (sulfide) groups is 1. The third-order valence-corrected chi connectivity index (χ3v) is 4.98. The second-order valence-electron chi connectivity index (χ2n) is 6.70. The SMILES string of the molecule is CC(C)(C)C(CCSc1ccccc1)CNC1CC1. The molecule has 19 heavy (non-hydrogen) atoms. The van der Waals surface area contributed by atoms with E-state index in [2.05, 4.69) is 56.4 Å². The first-order valence-corrected chi connectivity index (χ1v) is 8.45. The van der Waals surface area contributed by atoms with E-state index in [4.69, 9.17) is 0 Å². The Morgan fingerprint density at radius 1 is 1.21 bits per heavy atom. The highest BCUT2D eigenvalue weighted by Crippen LogP contribution is 2.31. The first-order valence-electron chi connectivity index (χ1n) is 7.47. The molecule has 1 aliphatic carbocycles. The van der Waals surface area contributed by atoms with Gasteiger partial charge in [0.2, 0.25) is 0 Å². The van der Waals surface area contributed by atoms with Crippen LogP contribution in [-0.2, 0) is 0 Å². The van der Waals surface area contributed by atoms with E-state index in [0.29, 0.717) is 5.41 Å². The summed E-state index contributed by atoms with van der Waals surface area (Å²) < 4.78 is 0. The molecule has 106 valence electrons. The van der Waals surface area contributed by atoms with E-state index in [1.54, 1.807) is 0 Å². The lowest BCUT2D eigenvalue weighted by Crippen LogP contribution is -2.33. The van der Waals surface area contributed by atoms with Crippen molar-refractivity contribution in [2.24, 2.45) is 11.3 Å². The molecule has 1 unspecified atom stereocenters. The van der Waals surface area contributed by atoms with E-state index in [9.17, 15) is 0 Å². The van der Waals surface area contributed by atoms with Gasteiger partial charge in [0.1, 0.15) is 0 Å². The van der Waals surface area contributed by atoms with Crippen molar-refractivity contribution in [2.75, 3.05) is 12.3 Å². The van der Waals surface area contributed by atoms with E-state index in [1.807, 2.05) is 11.8 Å². The van der Waals surface area contributed by atoms with Gasteiger partial charge in [-0.1, -0.05) is 39.0 Å². The maximum Gasteiger partial charge on any atom is 0.00719 e. The predicted octanol–water partition coefficient (Wildman–Crippen LogP) is 4.58. The van der Waals surface area contributed by atoms with E-state index >= 15 is 0 Å².